The van der Waals surface area contributed by atoms with Gasteiger partial charge in [0.2, 0.25) is 5.95 Å². The van der Waals surface area contributed by atoms with Crippen molar-refractivity contribution in [1.82, 2.24) is 24.4 Å². The van der Waals surface area contributed by atoms with E-state index in [2.05, 4.69) is 44.0 Å². The highest BCUT2D eigenvalue weighted by Crippen LogP contribution is 2.28. The number of imidazole rings is 1. The molecule has 1 fully saturated rings. The number of anilines is 2. The molecule has 0 unspecified atom stereocenters. The number of benzene rings is 1. The van der Waals surface area contributed by atoms with E-state index in [1.165, 1.54) is 5.56 Å². The summed E-state index contributed by atoms with van der Waals surface area (Å²) in [4.78, 5) is 16.5. The van der Waals surface area contributed by atoms with Crippen LogP contribution in [0.15, 0.2) is 36.7 Å². The number of ether oxygens (including phenoxy) is 1. The predicted octanol–water partition coefficient (Wildman–Crippen LogP) is 3.03. The molecule has 1 saturated heterocycles. The van der Waals surface area contributed by atoms with Crippen LogP contribution >= 0.6 is 0 Å². The van der Waals surface area contributed by atoms with E-state index in [0.717, 1.165) is 80.6 Å². The van der Waals surface area contributed by atoms with Gasteiger partial charge in [0.05, 0.1) is 18.0 Å². The lowest BCUT2D eigenvalue weighted by atomic mass is 9.91. The van der Waals surface area contributed by atoms with Crippen LogP contribution in [0.2, 0.25) is 0 Å². The number of β-amino-alcohol motifs (C(OH)–C–C–N with tert-alkyl or cyclic N) is 1. The summed E-state index contributed by atoms with van der Waals surface area (Å²) in [6.45, 7) is 6.27. The van der Waals surface area contributed by atoms with Crippen molar-refractivity contribution in [2.75, 3.05) is 38.2 Å². The minimum atomic E-state index is 0.180. The lowest BCUT2D eigenvalue weighted by Gasteiger charge is -2.30. The van der Waals surface area contributed by atoms with Crippen molar-refractivity contribution in [3.05, 3.63) is 59.4 Å². The van der Waals surface area contributed by atoms with E-state index in [0.29, 0.717) is 18.4 Å². The first-order chi connectivity index (χ1) is 16.2. The van der Waals surface area contributed by atoms with Crippen molar-refractivity contribution in [3.8, 4) is 5.69 Å². The fourth-order valence-corrected chi connectivity index (χ4v) is 4.80. The molecule has 8 heteroatoms. The monoisotopic (exact) mass is 448 g/mol. The molecule has 3 aromatic rings. The molecule has 0 amide bonds. The molecule has 0 saturated carbocycles. The van der Waals surface area contributed by atoms with Crippen LogP contribution in [0.5, 0.6) is 0 Å². The number of hydrogen-bond donors (Lipinski definition) is 2. The number of fused-ring (bicyclic) bond motifs is 1. The van der Waals surface area contributed by atoms with Gasteiger partial charge in [-0.05, 0) is 56.4 Å². The Hall–Kier alpha value is -2.81. The van der Waals surface area contributed by atoms with Crippen molar-refractivity contribution in [3.63, 3.8) is 0 Å². The van der Waals surface area contributed by atoms with Gasteiger partial charge in [-0.15, -0.1) is 0 Å². The third-order valence-electron chi connectivity index (χ3n) is 6.69. The summed E-state index contributed by atoms with van der Waals surface area (Å²) in [6.07, 6.45) is 7.77. The Labute approximate surface area is 194 Å². The molecule has 8 nitrogen and oxygen atoms in total. The molecule has 2 aromatic heterocycles. The highest BCUT2D eigenvalue weighted by molar-refractivity contribution is 5.56. The van der Waals surface area contributed by atoms with Gasteiger partial charge >= 0.3 is 0 Å². The number of aryl methyl sites for hydroxylation is 1. The Morgan fingerprint density at radius 1 is 1.15 bits per heavy atom. The zero-order valence-corrected chi connectivity index (χ0v) is 19.2. The van der Waals surface area contributed by atoms with Gasteiger partial charge in [0, 0.05) is 68.6 Å². The maximum atomic E-state index is 9.40. The van der Waals surface area contributed by atoms with Crippen molar-refractivity contribution in [1.29, 1.82) is 0 Å². The summed E-state index contributed by atoms with van der Waals surface area (Å²) in [5, 5.41) is 12.8. The standard InChI is InChI=1S/C25H32N6O2/c1-18-26-9-11-31(18)21-4-2-20(3-5-21)27-25-28-23-6-10-30(12-13-32)17-22(23)24(29-25)16-19-7-14-33-15-8-19/h2-5,9,11,19,32H,6-8,10,12-17H2,1H3,(H,27,28,29). The number of aliphatic hydroxyl groups is 1. The summed E-state index contributed by atoms with van der Waals surface area (Å²) < 4.78 is 7.62. The van der Waals surface area contributed by atoms with E-state index in [-0.39, 0.29) is 6.61 Å². The molecular formula is C25H32N6O2. The molecular weight excluding hydrogens is 416 g/mol. The topological polar surface area (TPSA) is 88.3 Å². The second-order valence-corrected chi connectivity index (χ2v) is 8.95. The van der Waals surface area contributed by atoms with Gasteiger partial charge in [-0.3, -0.25) is 4.90 Å². The zero-order valence-electron chi connectivity index (χ0n) is 19.2. The van der Waals surface area contributed by atoms with Crippen LogP contribution < -0.4 is 5.32 Å². The minimum Gasteiger partial charge on any atom is -0.395 e. The van der Waals surface area contributed by atoms with Crippen molar-refractivity contribution < 1.29 is 9.84 Å². The second kappa shape index (κ2) is 9.99. The number of aliphatic hydroxyl groups excluding tert-OH is 1. The summed E-state index contributed by atoms with van der Waals surface area (Å²) in [5.41, 5.74) is 5.56. The quantitative estimate of drug-likeness (QED) is 0.574. The lowest BCUT2D eigenvalue weighted by molar-refractivity contribution is 0.0661. The van der Waals surface area contributed by atoms with E-state index in [1.54, 1.807) is 0 Å². The summed E-state index contributed by atoms with van der Waals surface area (Å²) in [5.74, 6) is 2.22. The molecule has 0 radical (unpaired) electrons. The molecule has 0 aliphatic carbocycles. The number of rotatable bonds is 7. The molecule has 2 aliphatic heterocycles. The van der Waals surface area contributed by atoms with Gasteiger partial charge in [0.1, 0.15) is 5.82 Å². The molecule has 0 atom stereocenters. The molecule has 1 aromatic carbocycles. The highest BCUT2D eigenvalue weighted by Gasteiger charge is 2.25. The third-order valence-corrected chi connectivity index (χ3v) is 6.69. The molecule has 33 heavy (non-hydrogen) atoms. The average molecular weight is 449 g/mol. The predicted molar refractivity (Wildman–Crippen MR) is 127 cm³/mol. The van der Waals surface area contributed by atoms with Crippen LogP contribution in [0.25, 0.3) is 5.69 Å². The Morgan fingerprint density at radius 2 is 1.97 bits per heavy atom. The van der Waals surface area contributed by atoms with E-state index in [4.69, 9.17) is 14.7 Å². The largest absolute Gasteiger partial charge is 0.395 e. The smallest absolute Gasteiger partial charge is 0.227 e. The fraction of sp³-hybridized carbons (Fsp3) is 0.480. The zero-order chi connectivity index (χ0) is 22.6. The maximum Gasteiger partial charge on any atom is 0.227 e. The first-order valence-corrected chi connectivity index (χ1v) is 11.9. The molecule has 4 heterocycles. The lowest BCUT2D eigenvalue weighted by Crippen LogP contribution is -2.34. The summed E-state index contributed by atoms with van der Waals surface area (Å²) in [6, 6.07) is 8.26. The fourth-order valence-electron chi connectivity index (χ4n) is 4.80. The van der Waals surface area contributed by atoms with Gasteiger partial charge in [-0.25, -0.2) is 15.0 Å². The van der Waals surface area contributed by atoms with Gasteiger partial charge < -0.3 is 19.7 Å². The summed E-state index contributed by atoms with van der Waals surface area (Å²) >= 11 is 0. The number of nitrogens with one attached hydrogen (secondary N) is 1. The number of aromatic nitrogens is 4. The Kier molecular flexibility index (Phi) is 6.66. The van der Waals surface area contributed by atoms with Crippen molar-refractivity contribution in [2.24, 2.45) is 5.92 Å². The number of hydrogen-bond acceptors (Lipinski definition) is 7. The van der Waals surface area contributed by atoms with Gasteiger partial charge in [-0.2, -0.15) is 0 Å². The third kappa shape index (κ3) is 5.08. The molecule has 0 bridgehead atoms. The Bertz CT molecular complexity index is 1080. The van der Waals surface area contributed by atoms with Crippen LogP contribution in [-0.4, -0.2) is 62.4 Å². The average Bonchev–Trinajstić information content (AvgIpc) is 3.27. The maximum absolute atomic E-state index is 9.40. The van der Waals surface area contributed by atoms with E-state index < -0.39 is 0 Å². The van der Waals surface area contributed by atoms with Crippen LogP contribution in [0, 0.1) is 12.8 Å². The van der Waals surface area contributed by atoms with Crippen molar-refractivity contribution in [2.45, 2.75) is 39.2 Å². The summed E-state index contributed by atoms with van der Waals surface area (Å²) in [7, 11) is 0. The molecule has 174 valence electrons. The first-order valence-electron chi connectivity index (χ1n) is 11.9. The van der Waals surface area contributed by atoms with Crippen molar-refractivity contribution >= 4 is 11.6 Å². The molecule has 2 N–H and O–H groups in total. The van der Waals surface area contributed by atoms with Crippen LogP contribution in [0.4, 0.5) is 11.6 Å². The first kappa shape index (κ1) is 22.0. The SMILES string of the molecule is Cc1nccn1-c1ccc(Nc2nc3c(c(CC4CCOCC4)n2)CN(CCO)CC3)cc1. The highest BCUT2D eigenvalue weighted by atomic mass is 16.5. The van der Waals surface area contributed by atoms with Gasteiger partial charge in [0.15, 0.2) is 0 Å². The normalized spacial score (nSPS) is 17.2. The van der Waals surface area contributed by atoms with E-state index in [9.17, 15) is 5.11 Å². The van der Waals surface area contributed by atoms with Gasteiger partial charge in [-0.1, -0.05) is 0 Å². The minimum absolute atomic E-state index is 0.180. The van der Waals surface area contributed by atoms with E-state index >= 15 is 0 Å². The van der Waals surface area contributed by atoms with E-state index in [1.807, 2.05) is 19.3 Å². The Morgan fingerprint density at radius 3 is 2.70 bits per heavy atom. The molecule has 5 rings (SSSR count). The van der Waals surface area contributed by atoms with Gasteiger partial charge in [0.25, 0.3) is 0 Å². The van der Waals surface area contributed by atoms with Crippen LogP contribution in [0.1, 0.15) is 35.6 Å². The molecule has 0 spiro atoms. The Balaban J connectivity index is 1.39. The van der Waals surface area contributed by atoms with Crippen LogP contribution in [-0.2, 0) is 24.1 Å². The molecule has 2 aliphatic rings. The number of nitrogens with zero attached hydrogens (tertiary/aromatic N) is 5. The second-order valence-electron chi connectivity index (χ2n) is 8.95. The van der Waals surface area contributed by atoms with Crippen LogP contribution in [0.3, 0.4) is 0 Å².